The Bertz CT molecular complexity index is 3470. The lowest BCUT2D eigenvalue weighted by atomic mass is 9.60. The molecule has 10 aromatic carbocycles. The minimum atomic E-state index is -0.604. The van der Waals surface area contributed by atoms with Crippen LogP contribution in [0.4, 0.5) is 17.1 Å². The Morgan fingerprint density at radius 3 is 1.59 bits per heavy atom. The highest BCUT2D eigenvalue weighted by atomic mass is 15.1. The first-order valence-electron chi connectivity index (χ1n) is 22.2. The molecule has 1 spiro atoms. The molecule has 0 fully saturated rings. The molecule has 1 unspecified atom stereocenters. The van der Waals surface area contributed by atoms with E-state index in [-0.39, 0.29) is 5.41 Å². The van der Waals surface area contributed by atoms with Crippen molar-refractivity contribution in [2.75, 3.05) is 4.90 Å². The second kappa shape index (κ2) is 13.4. The first-order chi connectivity index (χ1) is 31.0. The molecule has 3 aliphatic rings. The summed E-state index contributed by atoms with van der Waals surface area (Å²) >= 11 is 0. The van der Waals surface area contributed by atoms with Gasteiger partial charge < -0.3 is 4.90 Å². The summed E-state index contributed by atoms with van der Waals surface area (Å²) in [6, 6.07) is 84.2. The van der Waals surface area contributed by atoms with Gasteiger partial charge in [0.15, 0.2) is 0 Å². The smallest absolute Gasteiger partial charge is 0.0732 e. The largest absolute Gasteiger partial charge is 0.310 e. The van der Waals surface area contributed by atoms with E-state index in [2.05, 4.69) is 243 Å². The molecule has 0 heterocycles. The molecule has 1 heteroatoms. The fraction of sp³-hybridized carbons (Fsp3) is 0.0645. The van der Waals surface area contributed by atoms with Crippen LogP contribution >= 0.6 is 0 Å². The van der Waals surface area contributed by atoms with Gasteiger partial charge in [-0.2, -0.15) is 0 Å². The van der Waals surface area contributed by atoms with E-state index in [1.807, 2.05) is 0 Å². The summed E-state index contributed by atoms with van der Waals surface area (Å²) in [4.78, 5) is 2.53. The monoisotopic (exact) mass is 801 g/mol. The lowest BCUT2D eigenvalue weighted by Crippen LogP contribution is -2.32. The highest BCUT2D eigenvalue weighted by Crippen LogP contribution is 2.64. The molecule has 0 bridgehead atoms. The number of hydrogen-bond donors (Lipinski definition) is 0. The third kappa shape index (κ3) is 4.94. The topological polar surface area (TPSA) is 3.24 Å². The summed E-state index contributed by atoms with van der Waals surface area (Å²) in [6.07, 6.45) is 0. The van der Waals surface area contributed by atoms with Crippen molar-refractivity contribution >= 4 is 27.8 Å². The molecular weight excluding hydrogens is 759 g/mol. The average molecular weight is 802 g/mol. The van der Waals surface area contributed by atoms with Crippen LogP contribution in [-0.4, -0.2) is 0 Å². The van der Waals surface area contributed by atoms with Crippen molar-refractivity contribution < 1.29 is 0 Å². The zero-order chi connectivity index (χ0) is 41.9. The molecule has 10 aromatic rings. The quantitative estimate of drug-likeness (QED) is 0.168. The van der Waals surface area contributed by atoms with Crippen molar-refractivity contribution in [3.8, 4) is 55.6 Å². The van der Waals surface area contributed by atoms with E-state index < -0.39 is 5.41 Å². The summed E-state index contributed by atoms with van der Waals surface area (Å²) in [7, 11) is 0. The number of anilines is 3. The molecule has 1 atom stereocenters. The third-order valence-corrected chi connectivity index (χ3v) is 14.5. The maximum atomic E-state index is 2.55. The van der Waals surface area contributed by atoms with Crippen molar-refractivity contribution in [1.29, 1.82) is 0 Å². The molecule has 13 rings (SSSR count). The van der Waals surface area contributed by atoms with Crippen LogP contribution in [0.2, 0.25) is 0 Å². The maximum absolute atomic E-state index is 2.55. The second-order valence-electron chi connectivity index (χ2n) is 17.9. The van der Waals surface area contributed by atoms with E-state index in [0.29, 0.717) is 0 Å². The van der Waals surface area contributed by atoms with Crippen molar-refractivity contribution in [3.05, 3.63) is 258 Å². The lowest BCUT2D eigenvalue weighted by molar-refractivity contribution is 0.660. The van der Waals surface area contributed by atoms with Gasteiger partial charge in [-0.05, 0) is 125 Å². The number of benzene rings is 10. The summed E-state index contributed by atoms with van der Waals surface area (Å²) in [5.41, 5.74) is 23.4. The second-order valence-corrected chi connectivity index (χ2v) is 17.9. The first kappa shape index (κ1) is 36.0. The maximum Gasteiger partial charge on any atom is 0.0732 e. The minimum absolute atomic E-state index is 0.139. The molecule has 296 valence electrons. The Morgan fingerprint density at radius 2 is 0.857 bits per heavy atom. The minimum Gasteiger partial charge on any atom is -0.310 e. The molecule has 0 amide bonds. The summed E-state index contributed by atoms with van der Waals surface area (Å²) in [6.45, 7) is 4.75. The average Bonchev–Trinajstić information content (AvgIpc) is 3.76. The predicted octanol–water partition coefficient (Wildman–Crippen LogP) is 16.3. The molecule has 63 heavy (non-hydrogen) atoms. The Balaban J connectivity index is 1.14. The Kier molecular flexibility index (Phi) is 7.64. The summed E-state index contributed by atoms with van der Waals surface area (Å²) in [5, 5.41) is 2.60. The molecular formula is C62H43N. The van der Waals surface area contributed by atoms with E-state index in [1.54, 1.807) is 0 Å². The van der Waals surface area contributed by atoms with Gasteiger partial charge in [-0.3, -0.25) is 0 Å². The van der Waals surface area contributed by atoms with Crippen LogP contribution in [0.15, 0.2) is 224 Å². The van der Waals surface area contributed by atoms with Crippen molar-refractivity contribution in [3.63, 3.8) is 0 Å². The number of rotatable bonds is 5. The molecule has 0 saturated heterocycles. The van der Waals surface area contributed by atoms with E-state index in [0.717, 1.165) is 11.4 Å². The van der Waals surface area contributed by atoms with Gasteiger partial charge in [-0.15, -0.1) is 0 Å². The molecule has 0 aromatic heterocycles. The van der Waals surface area contributed by atoms with E-state index in [4.69, 9.17) is 0 Å². The Hall–Kier alpha value is -7.74. The standard InChI is InChI=1S/C62H43N/c1-61(2)52-26-12-11-24-51(52)59-55(61)29-16-30-57(59)63(44-34-31-41(32-35-44)40-17-5-3-6-18-40)45-36-38-49-47-22-9-13-27-53(47)62(56(49)39-45)54-28-14-10-23-48(54)50-25-15-21-43-33-37-46(60(62)58(43)50)42-19-7-4-8-20-42/h3-39H,1-2H3. The molecule has 0 radical (unpaired) electrons. The van der Waals surface area contributed by atoms with Gasteiger partial charge in [-0.25, -0.2) is 0 Å². The van der Waals surface area contributed by atoms with Crippen LogP contribution in [0.5, 0.6) is 0 Å². The number of fused-ring (bicyclic) bond motifs is 12. The third-order valence-electron chi connectivity index (χ3n) is 14.5. The van der Waals surface area contributed by atoms with Crippen molar-refractivity contribution in [1.82, 2.24) is 0 Å². The fourth-order valence-electron chi connectivity index (χ4n) is 11.8. The van der Waals surface area contributed by atoms with E-state index in [1.165, 1.54) is 105 Å². The zero-order valence-electron chi connectivity index (χ0n) is 35.3. The van der Waals surface area contributed by atoms with Crippen LogP contribution in [0.3, 0.4) is 0 Å². The molecule has 3 aliphatic carbocycles. The first-order valence-corrected chi connectivity index (χ1v) is 22.2. The SMILES string of the molecule is CC1(C)c2ccccc2-c2c(N(c3ccc(-c4ccccc4)cc3)c3ccc4c(c3)C3(c5ccccc5-4)c4ccccc4-c4cccc5ccc(-c6ccccc6)c3c45)cccc21. The van der Waals surface area contributed by atoms with Gasteiger partial charge >= 0.3 is 0 Å². The number of hydrogen-bond acceptors (Lipinski definition) is 1. The van der Waals surface area contributed by atoms with Gasteiger partial charge in [0, 0.05) is 22.4 Å². The fourth-order valence-corrected chi connectivity index (χ4v) is 11.8. The van der Waals surface area contributed by atoms with Gasteiger partial charge in [0.1, 0.15) is 0 Å². The van der Waals surface area contributed by atoms with E-state index >= 15 is 0 Å². The van der Waals surface area contributed by atoms with Crippen LogP contribution in [0, 0.1) is 0 Å². The van der Waals surface area contributed by atoms with Gasteiger partial charge in [0.05, 0.1) is 11.1 Å². The Labute approximate surface area is 369 Å². The Morgan fingerprint density at radius 1 is 0.333 bits per heavy atom. The lowest BCUT2D eigenvalue weighted by Gasteiger charge is -2.41. The van der Waals surface area contributed by atoms with Gasteiger partial charge in [0.2, 0.25) is 0 Å². The number of nitrogens with zero attached hydrogens (tertiary/aromatic N) is 1. The normalized spacial score (nSPS) is 15.7. The highest BCUT2D eigenvalue weighted by Gasteiger charge is 2.51. The van der Waals surface area contributed by atoms with Crippen LogP contribution in [0.25, 0.3) is 66.4 Å². The summed E-state index contributed by atoms with van der Waals surface area (Å²) < 4.78 is 0. The summed E-state index contributed by atoms with van der Waals surface area (Å²) in [5.74, 6) is 0. The van der Waals surface area contributed by atoms with E-state index in [9.17, 15) is 0 Å². The van der Waals surface area contributed by atoms with Crippen molar-refractivity contribution in [2.45, 2.75) is 24.7 Å². The van der Waals surface area contributed by atoms with Crippen LogP contribution in [0.1, 0.15) is 47.2 Å². The van der Waals surface area contributed by atoms with Crippen LogP contribution < -0.4 is 4.90 Å². The molecule has 1 nitrogen and oxygen atoms in total. The van der Waals surface area contributed by atoms with Gasteiger partial charge in [-0.1, -0.05) is 208 Å². The molecule has 0 aliphatic heterocycles. The van der Waals surface area contributed by atoms with Crippen LogP contribution in [-0.2, 0) is 10.8 Å². The van der Waals surface area contributed by atoms with Gasteiger partial charge in [0.25, 0.3) is 0 Å². The molecule has 0 N–H and O–H groups in total. The molecule has 0 saturated carbocycles. The van der Waals surface area contributed by atoms with Crippen molar-refractivity contribution in [2.24, 2.45) is 0 Å². The highest BCUT2D eigenvalue weighted by molar-refractivity contribution is 6.10. The predicted molar refractivity (Wildman–Crippen MR) is 263 cm³/mol. The zero-order valence-corrected chi connectivity index (χ0v) is 35.3.